The topological polar surface area (TPSA) is 41.1 Å². The van der Waals surface area contributed by atoms with Gasteiger partial charge in [-0.2, -0.15) is 0 Å². The summed E-state index contributed by atoms with van der Waals surface area (Å²) in [6.07, 6.45) is 4.44. The summed E-state index contributed by atoms with van der Waals surface area (Å²) >= 11 is 6.18. The Kier molecular flexibility index (Phi) is 4.99. The van der Waals surface area contributed by atoms with Gasteiger partial charge in [0.2, 0.25) is 0 Å². The smallest absolute Gasteiger partial charge is 0.137 e. The first-order valence-corrected chi connectivity index (χ1v) is 7.46. The number of likely N-dealkylation sites (tertiary alicyclic amines) is 1. The van der Waals surface area contributed by atoms with Crippen LogP contribution in [-0.4, -0.2) is 41.0 Å². The van der Waals surface area contributed by atoms with Crippen molar-refractivity contribution in [2.24, 2.45) is 0 Å². The van der Waals surface area contributed by atoms with Crippen LogP contribution < -0.4 is 5.32 Å². The first-order valence-electron chi connectivity index (χ1n) is 7.09. The highest BCUT2D eigenvalue weighted by molar-refractivity contribution is 6.30. The molecule has 2 heterocycles. The highest BCUT2D eigenvalue weighted by Crippen LogP contribution is 2.21. The van der Waals surface area contributed by atoms with Crippen molar-refractivity contribution >= 4 is 17.4 Å². The minimum absolute atomic E-state index is 0.570. The lowest BCUT2D eigenvalue weighted by Gasteiger charge is -2.20. The summed E-state index contributed by atoms with van der Waals surface area (Å²) < 4.78 is 0. The summed E-state index contributed by atoms with van der Waals surface area (Å²) in [4.78, 5) is 11.3. The van der Waals surface area contributed by atoms with Crippen molar-refractivity contribution in [1.29, 1.82) is 0 Å². The van der Waals surface area contributed by atoms with Crippen LogP contribution in [0.5, 0.6) is 0 Å². The van der Waals surface area contributed by atoms with Gasteiger partial charge in [0.25, 0.3) is 0 Å². The molecule has 0 saturated carbocycles. The number of rotatable bonds is 5. The minimum Gasteiger partial charge on any atom is -0.368 e. The van der Waals surface area contributed by atoms with E-state index in [0.717, 1.165) is 36.6 Å². The number of nitrogens with zero attached hydrogens (tertiary/aromatic N) is 3. The van der Waals surface area contributed by atoms with E-state index in [1.807, 2.05) is 6.92 Å². The number of anilines is 1. The average molecular weight is 283 g/mol. The molecule has 0 spiro atoms. The van der Waals surface area contributed by atoms with Crippen LogP contribution in [0.25, 0.3) is 0 Å². The fraction of sp³-hybridized carbons (Fsp3) is 0.714. The van der Waals surface area contributed by atoms with E-state index in [-0.39, 0.29) is 0 Å². The molecule has 5 heteroatoms. The van der Waals surface area contributed by atoms with Gasteiger partial charge in [-0.25, -0.2) is 9.97 Å². The molecule has 0 aromatic carbocycles. The molecule has 0 amide bonds. The van der Waals surface area contributed by atoms with Gasteiger partial charge in [-0.15, -0.1) is 0 Å². The maximum Gasteiger partial charge on any atom is 0.137 e. The lowest BCUT2D eigenvalue weighted by atomic mass is 10.2. The Balaban J connectivity index is 2.06. The Labute approximate surface area is 120 Å². The SMILES string of the molecule is CCCc1nc(Cl)c(C)c(NCC2CCCN2C)n1. The largest absolute Gasteiger partial charge is 0.368 e. The molecule has 1 aliphatic rings. The van der Waals surface area contributed by atoms with Crippen LogP contribution in [-0.2, 0) is 6.42 Å². The third-order valence-corrected chi connectivity index (χ3v) is 4.15. The summed E-state index contributed by atoms with van der Waals surface area (Å²) in [5.74, 6) is 1.73. The van der Waals surface area contributed by atoms with Crippen LogP contribution in [0.1, 0.15) is 37.6 Å². The second-order valence-corrected chi connectivity index (χ2v) is 5.67. The minimum atomic E-state index is 0.570. The summed E-state index contributed by atoms with van der Waals surface area (Å²) in [5, 5.41) is 4.02. The van der Waals surface area contributed by atoms with Crippen LogP contribution >= 0.6 is 11.6 Å². The Hall–Kier alpha value is -0.870. The van der Waals surface area contributed by atoms with Crippen molar-refractivity contribution in [3.63, 3.8) is 0 Å². The first kappa shape index (κ1) is 14.5. The highest BCUT2D eigenvalue weighted by atomic mass is 35.5. The van der Waals surface area contributed by atoms with Crippen molar-refractivity contribution in [3.8, 4) is 0 Å². The normalized spacial score (nSPS) is 19.9. The fourth-order valence-electron chi connectivity index (χ4n) is 2.49. The molecule has 1 aliphatic heterocycles. The molecule has 19 heavy (non-hydrogen) atoms. The fourth-order valence-corrected chi connectivity index (χ4v) is 2.68. The quantitative estimate of drug-likeness (QED) is 0.843. The van der Waals surface area contributed by atoms with Crippen molar-refractivity contribution in [3.05, 3.63) is 16.5 Å². The van der Waals surface area contributed by atoms with Crippen molar-refractivity contribution in [1.82, 2.24) is 14.9 Å². The van der Waals surface area contributed by atoms with Gasteiger partial charge >= 0.3 is 0 Å². The van der Waals surface area contributed by atoms with Gasteiger partial charge in [0.05, 0.1) is 0 Å². The molecule has 0 bridgehead atoms. The summed E-state index contributed by atoms with van der Waals surface area (Å²) in [5.41, 5.74) is 0.946. The number of hydrogen-bond donors (Lipinski definition) is 1. The molecule has 106 valence electrons. The van der Waals surface area contributed by atoms with E-state index in [0.29, 0.717) is 11.2 Å². The summed E-state index contributed by atoms with van der Waals surface area (Å²) in [7, 11) is 2.18. The molecule has 1 N–H and O–H groups in total. The van der Waals surface area contributed by atoms with Crippen molar-refractivity contribution in [2.75, 3.05) is 25.5 Å². The molecule has 1 aromatic heterocycles. The van der Waals surface area contributed by atoms with Gasteiger partial charge in [0.1, 0.15) is 16.8 Å². The van der Waals surface area contributed by atoms with E-state index in [9.17, 15) is 0 Å². The molecule has 2 rings (SSSR count). The van der Waals surface area contributed by atoms with Crippen molar-refractivity contribution < 1.29 is 0 Å². The van der Waals surface area contributed by atoms with Gasteiger partial charge in [-0.1, -0.05) is 18.5 Å². The van der Waals surface area contributed by atoms with E-state index < -0.39 is 0 Å². The zero-order valence-corrected chi connectivity index (χ0v) is 12.8. The molecule has 0 radical (unpaired) electrons. The Bertz CT molecular complexity index is 436. The molecule has 4 nitrogen and oxygen atoms in total. The number of hydrogen-bond acceptors (Lipinski definition) is 4. The van der Waals surface area contributed by atoms with Crippen LogP contribution in [0, 0.1) is 6.92 Å². The van der Waals surface area contributed by atoms with Crippen LogP contribution in [0.3, 0.4) is 0 Å². The maximum absolute atomic E-state index is 6.18. The molecule has 1 aromatic rings. The molecule has 1 atom stereocenters. The van der Waals surface area contributed by atoms with Crippen LogP contribution in [0.2, 0.25) is 5.15 Å². The maximum atomic E-state index is 6.18. The summed E-state index contributed by atoms with van der Waals surface area (Å²) in [6.45, 7) is 6.21. The zero-order chi connectivity index (χ0) is 13.8. The third-order valence-electron chi connectivity index (χ3n) is 3.78. The van der Waals surface area contributed by atoms with E-state index in [1.54, 1.807) is 0 Å². The molecule has 1 saturated heterocycles. The molecule has 1 unspecified atom stereocenters. The number of aromatic nitrogens is 2. The van der Waals surface area contributed by atoms with Gasteiger partial charge in [-0.3, -0.25) is 0 Å². The Morgan fingerprint density at radius 1 is 1.42 bits per heavy atom. The monoisotopic (exact) mass is 282 g/mol. The molecule has 0 aliphatic carbocycles. The molecular weight excluding hydrogens is 260 g/mol. The number of likely N-dealkylation sites (N-methyl/N-ethyl adjacent to an activating group) is 1. The van der Waals surface area contributed by atoms with Crippen molar-refractivity contribution in [2.45, 2.75) is 45.6 Å². The molecular formula is C14H23ClN4. The van der Waals surface area contributed by atoms with E-state index >= 15 is 0 Å². The lowest BCUT2D eigenvalue weighted by molar-refractivity contribution is 0.322. The summed E-state index contributed by atoms with van der Waals surface area (Å²) in [6, 6.07) is 0.600. The van der Waals surface area contributed by atoms with Gasteiger partial charge in [-0.05, 0) is 39.8 Å². The third kappa shape index (κ3) is 3.57. The van der Waals surface area contributed by atoms with Crippen LogP contribution in [0.15, 0.2) is 0 Å². The van der Waals surface area contributed by atoms with E-state index in [1.165, 1.54) is 19.4 Å². The van der Waals surface area contributed by atoms with E-state index in [4.69, 9.17) is 11.6 Å². The van der Waals surface area contributed by atoms with Gasteiger partial charge in [0.15, 0.2) is 0 Å². The number of nitrogens with one attached hydrogen (secondary N) is 1. The van der Waals surface area contributed by atoms with E-state index in [2.05, 4.69) is 34.2 Å². The van der Waals surface area contributed by atoms with Gasteiger partial charge in [0, 0.05) is 24.6 Å². The Morgan fingerprint density at radius 3 is 2.84 bits per heavy atom. The predicted molar refractivity (Wildman–Crippen MR) is 79.9 cm³/mol. The standard InChI is InChI=1S/C14H23ClN4/c1-4-6-12-17-13(15)10(2)14(18-12)16-9-11-7-5-8-19(11)3/h11H,4-9H2,1-3H3,(H,16,17,18). The predicted octanol–water partition coefficient (Wildman–Crippen LogP) is 2.90. The zero-order valence-electron chi connectivity index (χ0n) is 12.0. The second-order valence-electron chi connectivity index (χ2n) is 5.31. The Morgan fingerprint density at radius 2 is 2.21 bits per heavy atom. The second kappa shape index (κ2) is 6.53. The number of halogens is 1. The molecule has 1 fully saturated rings. The van der Waals surface area contributed by atoms with Crippen LogP contribution in [0.4, 0.5) is 5.82 Å². The first-order chi connectivity index (χ1) is 9.11. The highest BCUT2D eigenvalue weighted by Gasteiger charge is 2.21. The number of aryl methyl sites for hydroxylation is 1. The average Bonchev–Trinajstić information content (AvgIpc) is 2.78. The lowest BCUT2D eigenvalue weighted by Crippen LogP contribution is -2.32. The van der Waals surface area contributed by atoms with Gasteiger partial charge < -0.3 is 10.2 Å².